The second kappa shape index (κ2) is 12.8. The number of fused-ring (bicyclic) bond motifs is 1. The zero-order chi connectivity index (χ0) is 26.2. The Kier molecular flexibility index (Phi) is 9.29. The number of ether oxygens (including phenoxy) is 2. The summed E-state index contributed by atoms with van der Waals surface area (Å²) in [4.78, 5) is 2.45. The molecule has 5 nitrogen and oxygen atoms in total. The summed E-state index contributed by atoms with van der Waals surface area (Å²) in [5, 5.41) is 12.9. The number of halogens is 1. The zero-order valence-electron chi connectivity index (χ0n) is 22.2. The Labute approximate surface area is 220 Å². The number of hydrogen-bond donors (Lipinski definition) is 2. The number of aromatic hydroxyl groups is 1. The van der Waals surface area contributed by atoms with Crippen LogP contribution in [0.1, 0.15) is 54.5 Å². The molecule has 0 heterocycles. The van der Waals surface area contributed by atoms with Gasteiger partial charge in [0.25, 0.3) is 0 Å². The molecule has 0 radical (unpaired) electrons. The molecule has 198 valence electrons. The molecule has 2 atom stereocenters. The minimum absolute atomic E-state index is 0.156. The standard InChI is InChI=1S/C31H39FN2O3/c1-4-34(22(2)23-8-11-28(12-9-23)37-18-17-33-16-15-32)31-21-29(36-3)13-14-30(31)26-6-5-25-20-27(35)10-7-24(25)19-26/h7-14,20-22,26,33,35H,4-6,15-19H2,1-3H3. The summed E-state index contributed by atoms with van der Waals surface area (Å²) in [5.41, 5.74) is 6.34. The molecule has 0 amide bonds. The van der Waals surface area contributed by atoms with Crippen molar-refractivity contribution in [1.29, 1.82) is 0 Å². The number of methoxy groups -OCH3 is 1. The van der Waals surface area contributed by atoms with Gasteiger partial charge in [-0.05, 0) is 91.6 Å². The monoisotopic (exact) mass is 506 g/mol. The molecule has 2 N–H and O–H groups in total. The normalized spacial score (nSPS) is 15.6. The number of hydrogen-bond acceptors (Lipinski definition) is 5. The Balaban J connectivity index is 1.54. The number of phenols is 1. The molecule has 2 unspecified atom stereocenters. The van der Waals surface area contributed by atoms with E-state index in [1.54, 1.807) is 13.2 Å². The highest BCUT2D eigenvalue weighted by atomic mass is 19.1. The Bertz CT molecular complexity index is 1150. The van der Waals surface area contributed by atoms with E-state index < -0.39 is 0 Å². The van der Waals surface area contributed by atoms with Crippen LogP contribution in [0.25, 0.3) is 0 Å². The highest BCUT2D eigenvalue weighted by Gasteiger charge is 2.26. The smallest absolute Gasteiger partial charge is 0.120 e. The van der Waals surface area contributed by atoms with E-state index in [4.69, 9.17) is 9.47 Å². The van der Waals surface area contributed by atoms with Crippen molar-refractivity contribution in [2.75, 3.05) is 44.9 Å². The van der Waals surface area contributed by atoms with E-state index in [0.717, 1.165) is 37.3 Å². The fourth-order valence-corrected chi connectivity index (χ4v) is 5.36. The van der Waals surface area contributed by atoms with E-state index >= 15 is 0 Å². The molecule has 4 rings (SSSR count). The molecule has 0 saturated carbocycles. The maximum Gasteiger partial charge on any atom is 0.120 e. The van der Waals surface area contributed by atoms with Crippen LogP contribution in [0.15, 0.2) is 60.7 Å². The van der Waals surface area contributed by atoms with Crippen molar-refractivity contribution in [2.45, 2.75) is 45.1 Å². The summed E-state index contributed by atoms with van der Waals surface area (Å²) in [6.07, 6.45) is 2.98. The zero-order valence-corrected chi connectivity index (χ0v) is 22.2. The van der Waals surface area contributed by atoms with Crippen LogP contribution in [-0.4, -0.2) is 45.1 Å². The van der Waals surface area contributed by atoms with Crippen LogP contribution < -0.4 is 19.7 Å². The van der Waals surface area contributed by atoms with Crippen molar-refractivity contribution in [1.82, 2.24) is 5.32 Å². The van der Waals surface area contributed by atoms with Gasteiger partial charge < -0.3 is 24.8 Å². The van der Waals surface area contributed by atoms with Gasteiger partial charge in [0.2, 0.25) is 0 Å². The molecule has 37 heavy (non-hydrogen) atoms. The molecule has 1 aliphatic carbocycles. The largest absolute Gasteiger partial charge is 0.508 e. The van der Waals surface area contributed by atoms with Crippen molar-refractivity contribution in [2.24, 2.45) is 0 Å². The maximum absolute atomic E-state index is 12.2. The summed E-state index contributed by atoms with van der Waals surface area (Å²) in [6, 6.07) is 20.7. The molecule has 0 aromatic heterocycles. The second-order valence-electron chi connectivity index (χ2n) is 9.64. The van der Waals surface area contributed by atoms with Gasteiger partial charge in [0.1, 0.15) is 30.5 Å². The molecular weight excluding hydrogens is 467 g/mol. The van der Waals surface area contributed by atoms with Crippen LogP contribution in [0.5, 0.6) is 17.2 Å². The summed E-state index contributed by atoms with van der Waals surface area (Å²) < 4.78 is 23.6. The third kappa shape index (κ3) is 6.55. The second-order valence-corrected chi connectivity index (χ2v) is 9.64. The molecule has 0 aliphatic heterocycles. The number of anilines is 1. The Hall–Kier alpha value is -3.25. The molecule has 6 heteroatoms. The molecular formula is C31H39FN2O3. The lowest BCUT2D eigenvalue weighted by molar-refractivity contribution is 0.310. The molecule has 3 aromatic rings. The number of phenolic OH excluding ortho intramolecular Hbond substituents is 1. The van der Waals surface area contributed by atoms with E-state index in [1.165, 1.54) is 27.9 Å². The Morgan fingerprint density at radius 1 is 1.03 bits per heavy atom. The van der Waals surface area contributed by atoms with Crippen LogP contribution in [-0.2, 0) is 12.8 Å². The maximum atomic E-state index is 12.2. The van der Waals surface area contributed by atoms with Crippen molar-refractivity contribution < 1.29 is 19.0 Å². The molecule has 1 aliphatic rings. The van der Waals surface area contributed by atoms with E-state index in [1.807, 2.05) is 18.2 Å². The van der Waals surface area contributed by atoms with Gasteiger partial charge in [-0.3, -0.25) is 0 Å². The lowest BCUT2D eigenvalue weighted by Gasteiger charge is -2.35. The summed E-state index contributed by atoms with van der Waals surface area (Å²) in [5.74, 6) is 2.42. The molecule has 0 saturated heterocycles. The third-order valence-electron chi connectivity index (χ3n) is 7.39. The summed E-state index contributed by atoms with van der Waals surface area (Å²) in [6.45, 7) is 6.41. The van der Waals surface area contributed by atoms with E-state index in [2.05, 4.69) is 60.5 Å². The lowest BCUT2D eigenvalue weighted by atomic mass is 9.79. The summed E-state index contributed by atoms with van der Waals surface area (Å²) in [7, 11) is 1.72. The van der Waals surface area contributed by atoms with Crippen molar-refractivity contribution in [3.8, 4) is 17.2 Å². The SMILES string of the molecule is CCN(c1cc(OC)ccc1C1CCc2cc(O)ccc2C1)C(C)c1ccc(OCCNCCF)cc1. The van der Waals surface area contributed by atoms with Gasteiger partial charge >= 0.3 is 0 Å². The quantitative estimate of drug-likeness (QED) is 0.287. The predicted molar refractivity (Wildman–Crippen MR) is 148 cm³/mol. The van der Waals surface area contributed by atoms with Gasteiger partial charge in [0.15, 0.2) is 0 Å². The molecule has 3 aromatic carbocycles. The molecule has 0 spiro atoms. The number of nitrogens with zero attached hydrogens (tertiary/aromatic N) is 1. The van der Waals surface area contributed by atoms with Gasteiger partial charge in [-0.2, -0.15) is 0 Å². The minimum Gasteiger partial charge on any atom is -0.508 e. The highest BCUT2D eigenvalue weighted by molar-refractivity contribution is 5.61. The first-order chi connectivity index (χ1) is 18.0. The van der Waals surface area contributed by atoms with Crippen LogP contribution in [0, 0.1) is 0 Å². The van der Waals surface area contributed by atoms with Crippen LogP contribution >= 0.6 is 0 Å². The Morgan fingerprint density at radius 2 is 1.81 bits per heavy atom. The van der Waals surface area contributed by atoms with Crippen molar-refractivity contribution in [3.05, 3.63) is 82.9 Å². The number of alkyl halides is 1. The van der Waals surface area contributed by atoms with Crippen LogP contribution in [0.4, 0.5) is 10.1 Å². The van der Waals surface area contributed by atoms with Gasteiger partial charge in [-0.25, -0.2) is 4.39 Å². The average molecular weight is 507 g/mol. The molecule has 0 bridgehead atoms. The topological polar surface area (TPSA) is 54.0 Å². The van der Waals surface area contributed by atoms with Crippen molar-refractivity contribution in [3.63, 3.8) is 0 Å². The first-order valence-electron chi connectivity index (χ1n) is 13.3. The fourth-order valence-electron chi connectivity index (χ4n) is 5.36. The number of rotatable bonds is 12. The van der Waals surface area contributed by atoms with Crippen LogP contribution in [0.2, 0.25) is 0 Å². The number of benzene rings is 3. The number of aryl methyl sites for hydroxylation is 1. The van der Waals surface area contributed by atoms with E-state index in [-0.39, 0.29) is 12.7 Å². The highest BCUT2D eigenvalue weighted by Crippen LogP contribution is 2.41. The fraction of sp³-hybridized carbons (Fsp3) is 0.419. The van der Waals surface area contributed by atoms with Gasteiger partial charge in [-0.15, -0.1) is 0 Å². The summed E-state index contributed by atoms with van der Waals surface area (Å²) >= 11 is 0. The lowest BCUT2D eigenvalue weighted by Crippen LogP contribution is -2.28. The van der Waals surface area contributed by atoms with Crippen LogP contribution in [0.3, 0.4) is 0 Å². The van der Waals surface area contributed by atoms with Crippen molar-refractivity contribution >= 4 is 5.69 Å². The van der Waals surface area contributed by atoms with Gasteiger partial charge in [0.05, 0.1) is 13.2 Å². The molecule has 0 fully saturated rings. The van der Waals surface area contributed by atoms with Gasteiger partial charge in [-0.1, -0.05) is 24.3 Å². The van der Waals surface area contributed by atoms with E-state index in [9.17, 15) is 9.50 Å². The minimum atomic E-state index is -0.367. The predicted octanol–water partition coefficient (Wildman–Crippen LogP) is 6.20. The Morgan fingerprint density at radius 3 is 2.54 bits per heavy atom. The number of nitrogens with one attached hydrogen (secondary N) is 1. The van der Waals surface area contributed by atoms with Gasteiger partial charge in [0, 0.05) is 31.4 Å². The average Bonchev–Trinajstić information content (AvgIpc) is 2.93. The third-order valence-corrected chi connectivity index (χ3v) is 7.39. The first kappa shape index (κ1) is 26.8. The van der Waals surface area contributed by atoms with E-state index in [0.29, 0.717) is 31.4 Å². The first-order valence-corrected chi connectivity index (χ1v) is 13.3.